The topological polar surface area (TPSA) is 45.2 Å². The predicted molar refractivity (Wildman–Crippen MR) is 121 cm³/mol. The minimum atomic E-state index is -0.414. The van der Waals surface area contributed by atoms with Gasteiger partial charge in [0, 0.05) is 26.0 Å². The van der Waals surface area contributed by atoms with E-state index in [1.165, 1.54) is 6.07 Å². The summed E-state index contributed by atoms with van der Waals surface area (Å²) >= 11 is 0. The third-order valence-corrected chi connectivity index (χ3v) is 6.31. The first-order valence-electron chi connectivity index (χ1n) is 10.8. The summed E-state index contributed by atoms with van der Waals surface area (Å²) in [5.41, 5.74) is 3.92. The van der Waals surface area contributed by atoms with Gasteiger partial charge in [0.05, 0.1) is 5.41 Å². The molecular formula is C26H28FN3O. The van der Waals surface area contributed by atoms with Gasteiger partial charge < -0.3 is 5.32 Å². The van der Waals surface area contributed by atoms with Crippen LogP contribution in [0, 0.1) is 11.2 Å². The minimum absolute atomic E-state index is 0.106. The van der Waals surface area contributed by atoms with E-state index < -0.39 is 5.41 Å². The minimum Gasteiger partial charge on any atom is -0.359 e. The average molecular weight is 418 g/mol. The lowest BCUT2D eigenvalue weighted by Gasteiger charge is -2.40. The summed E-state index contributed by atoms with van der Waals surface area (Å²) in [6.45, 7) is 2.34. The zero-order valence-corrected chi connectivity index (χ0v) is 17.9. The molecule has 1 aliphatic heterocycles. The van der Waals surface area contributed by atoms with Crippen molar-refractivity contribution in [2.45, 2.75) is 25.8 Å². The SMILES string of the molecule is CNC(=O)C1(Cc2ccc(-c3cccnc3)cc2)CCN(Cc2cccc(F)c2)CC1. The molecule has 1 fully saturated rings. The van der Waals surface area contributed by atoms with E-state index in [0.717, 1.165) is 48.2 Å². The number of hydrogen-bond donors (Lipinski definition) is 1. The molecule has 0 radical (unpaired) electrons. The Balaban J connectivity index is 1.45. The zero-order chi connectivity index (χ0) is 21.7. The van der Waals surface area contributed by atoms with Crippen LogP contribution >= 0.6 is 0 Å². The number of likely N-dealkylation sites (tertiary alicyclic amines) is 1. The van der Waals surface area contributed by atoms with Crippen molar-refractivity contribution in [3.05, 3.63) is 90.0 Å². The van der Waals surface area contributed by atoms with E-state index in [9.17, 15) is 9.18 Å². The number of benzene rings is 2. The molecule has 1 aromatic heterocycles. The van der Waals surface area contributed by atoms with E-state index in [1.807, 2.05) is 24.4 Å². The van der Waals surface area contributed by atoms with Crippen LogP contribution in [0.5, 0.6) is 0 Å². The van der Waals surface area contributed by atoms with Gasteiger partial charge >= 0.3 is 0 Å². The van der Waals surface area contributed by atoms with Gasteiger partial charge in [-0.3, -0.25) is 14.7 Å². The fourth-order valence-corrected chi connectivity index (χ4v) is 4.52. The molecule has 1 amide bonds. The quantitative estimate of drug-likeness (QED) is 0.644. The van der Waals surface area contributed by atoms with E-state index in [2.05, 4.69) is 39.5 Å². The number of rotatable bonds is 6. The number of carbonyl (C=O) groups is 1. The van der Waals surface area contributed by atoms with Crippen LogP contribution in [0.2, 0.25) is 0 Å². The first-order chi connectivity index (χ1) is 15.1. The molecule has 1 N–H and O–H groups in total. The van der Waals surface area contributed by atoms with E-state index >= 15 is 0 Å². The molecule has 3 aromatic rings. The Bertz CT molecular complexity index is 1010. The van der Waals surface area contributed by atoms with Crippen molar-refractivity contribution in [3.63, 3.8) is 0 Å². The summed E-state index contributed by atoms with van der Waals surface area (Å²) in [5, 5.41) is 2.89. The molecule has 1 saturated heterocycles. The maximum Gasteiger partial charge on any atom is 0.226 e. The maximum absolute atomic E-state index is 13.5. The Kier molecular flexibility index (Phi) is 6.42. The summed E-state index contributed by atoms with van der Waals surface area (Å²) in [6, 6.07) is 19.2. The fourth-order valence-electron chi connectivity index (χ4n) is 4.52. The van der Waals surface area contributed by atoms with Gasteiger partial charge in [0.2, 0.25) is 5.91 Å². The van der Waals surface area contributed by atoms with Gasteiger partial charge in [-0.05, 0) is 72.8 Å². The van der Waals surface area contributed by atoms with Gasteiger partial charge in [-0.1, -0.05) is 42.5 Å². The zero-order valence-electron chi connectivity index (χ0n) is 17.9. The Morgan fingerprint density at radius 1 is 1.03 bits per heavy atom. The molecule has 2 heterocycles. The van der Waals surface area contributed by atoms with Crippen molar-refractivity contribution in [1.82, 2.24) is 15.2 Å². The van der Waals surface area contributed by atoms with E-state index in [4.69, 9.17) is 0 Å². The maximum atomic E-state index is 13.5. The van der Waals surface area contributed by atoms with Crippen LogP contribution in [-0.4, -0.2) is 35.9 Å². The molecule has 0 aliphatic carbocycles. The van der Waals surface area contributed by atoms with Crippen molar-refractivity contribution in [2.75, 3.05) is 20.1 Å². The van der Waals surface area contributed by atoms with Gasteiger partial charge in [-0.15, -0.1) is 0 Å². The predicted octanol–water partition coefficient (Wildman–Crippen LogP) is 4.46. The molecule has 0 bridgehead atoms. The number of carbonyl (C=O) groups excluding carboxylic acids is 1. The molecular weight excluding hydrogens is 389 g/mol. The lowest BCUT2D eigenvalue weighted by atomic mass is 9.73. The second kappa shape index (κ2) is 9.40. The van der Waals surface area contributed by atoms with Crippen molar-refractivity contribution >= 4 is 5.91 Å². The molecule has 160 valence electrons. The van der Waals surface area contributed by atoms with E-state index in [0.29, 0.717) is 13.0 Å². The number of nitrogens with one attached hydrogen (secondary N) is 1. The third kappa shape index (κ3) is 5.00. The van der Waals surface area contributed by atoms with Crippen LogP contribution < -0.4 is 5.32 Å². The molecule has 31 heavy (non-hydrogen) atoms. The van der Waals surface area contributed by atoms with Gasteiger partial charge in [0.15, 0.2) is 0 Å². The van der Waals surface area contributed by atoms with Crippen LogP contribution in [0.15, 0.2) is 73.1 Å². The van der Waals surface area contributed by atoms with Crippen molar-refractivity contribution in [2.24, 2.45) is 5.41 Å². The highest BCUT2D eigenvalue weighted by atomic mass is 19.1. The monoisotopic (exact) mass is 417 g/mol. The van der Waals surface area contributed by atoms with Crippen LogP contribution in [0.3, 0.4) is 0 Å². The second-order valence-electron chi connectivity index (χ2n) is 8.38. The van der Waals surface area contributed by atoms with Crippen molar-refractivity contribution in [3.8, 4) is 11.1 Å². The lowest BCUT2D eigenvalue weighted by Crippen LogP contribution is -2.49. The lowest BCUT2D eigenvalue weighted by molar-refractivity contribution is -0.133. The van der Waals surface area contributed by atoms with Crippen molar-refractivity contribution < 1.29 is 9.18 Å². The number of hydrogen-bond acceptors (Lipinski definition) is 3. The third-order valence-electron chi connectivity index (χ3n) is 6.31. The van der Waals surface area contributed by atoms with Gasteiger partial charge in [0.25, 0.3) is 0 Å². The fraction of sp³-hybridized carbons (Fsp3) is 0.308. The number of nitrogens with zero attached hydrogens (tertiary/aromatic N) is 2. The molecule has 0 saturated carbocycles. The number of aromatic nitrogens is 1. The van der Waals surface area contributed by atoms with Gasteiger partial charge in [0.1, 0.15) is 5.82 Å². The highest BCUT2D eigenvalue weighted by molar-refractivity contribution is 5.83. The Morgan fingerprint density at radius 2 is 1.81 bits per heavy atom. The summed E-state index contributed by atoms with van der Waals surface area (Å²) in [5.74, 6) is -0.0989. The summed E-state index contributed by atoms with van der Waals surface area (Å²) in [7, 11) is 1.72. The molecule has 4 nitrogen and oxygen atoms in total. The van der Waals surface area contributed by atoms with Crippen LogP contribution in [-0.2, 0) is 17.8 Å². The number of pyridine rings is 1. The van der Waals surface area contributed by atoms with E-state index in [1.54, 1.807) is 25.4 Å². The average Bonchev–Trinajstić information content (AvgIpc) is 2.81. The Hall–Kier alpha value is -3.05. The van der Waals surface area contributed by atoms with E-state index in [-0.39, 0.29) is 11.7 Å². The van der Waals surface area contributed by atoms with Crippen LogP contribution in [0.25, 0.3) is 11.1 Å². The summed E-state index contributed by atoms with van der Waals surface area (Å²) < 4.78 is 13.5. The van der Waals surface area contributed by atoms with Crippen LogP contribution in [0.4, 0.5) is 4.39 Å². The first kappa shape index (κ1) is 21.2. The molecule has 4 rings (SSSR count). The van der Waals surface area contributed by atoms with Crippen LogP contribution in [0.1, 0.15) is 24.0 Å². The molecule has 5 heteroatoms. The molecule has 0 unspecified atom stereocenters. The van der Waals surface area contributed by atoms with Gasteiger partial charge in [-0.2, -0.15) is 0 Å². The highest BCUT2D eigenvalue weighted by Crippen LogP contribution is 2.36. The smallest absolute Gasteiger partial charge is 0.226 e. The van der Waals surface area contributed by atoms with Gasteiger partial charge in [-0.25, -0.2) is 4.39 Å². The first-order valence-corrected chi connectivity index (χ1v) is 10.8. The number of halogens is 1. The van der Waals surface area contributed by atoms with Crippen molar-refractivity contribution in [1.29, 1.82) is 0 Å². The number of piperidine rings is 1. The molecule has 0 atom stereocenters. The molecule has 1 aliphatic rings. The normalized spacial score (nSPS) is 16.1. The Labute approximate surface area is 183 Å². The highest BCUT2D eigenvalue weighted by Gasteiger charge is 2.40. The Morgan fingerprint density at radius 3 is 2.45 bits per heavy atom. The summed E-state index contributed by atoms with van der Waals surface area (Å²) in [4.78, 5) is 19.4. The molecule has 0 spiro atoms. The molecule has 2 aromatic carbocycles. The second-order valence-corrected chi connectivity index (χ2v) is 8.38. The largest absolute Gasteiger partial charge is 0.359 e. The standard InChI is InChI=1S/C26H28FN3O/c1-28-25(31)26(11-14-30(15-12-26)19-21-4-2-6-24(27)16-21)17-20-7-9-22(10-8-20)23-5-3-13-29-18-23/h2-10,13,16,18H,11-12,14-15,17,19H2,1H3,(H,28,31). The summed E-state index contributed by atoms with van der Waals surface area (Å²) in [6.07, 6.45) is 5.91. The number of amides is 1.